The minimum Gasteiger partial charge on any atom is -0.329 e. The van der Waals surface area contributed by atoms with Crippen LogP contribution in [0, 0.1) is 0 Å². The van der Waals surface area contributed by atoms with E-state index in [9.17, 15) is 4.79 Å². The third-order valence-corrected chi connectivity index (χ3v) is 4.57. The van der Waals surface area contributed by atoms with Crippen LogP contribution in [0.1, 0.15) is 24.5 Å². The summed E-state index contributed by atoms with van der Waals surface area (Å²) in [4.78, 5) is 12.3. The standard InChI is InChI=1S/C17H29N7O/c1-11-8-15(20-7-5-18)23-16(21-11)24-17(25)22-14-3-2-12-4-6-19-10-13(12)9-14/h2-3,9,11,15-16,19-21,23H,4-8,10,18H2,1H3,(H2,22,24,25). The molecule has 25 heavy (non-hydrogen) atoms. The van der Waals surface area contributed by atoms with Crippen molar-refractivity contribution in [1.29, 1.82) is 0 Å². The van der Waals surface area contributed by atoms with Crippen molar-refractivity contribution in [3.63, 3.8) is 0 Å². The number of anilines is 1. The van der Waals surface area contributed by atoms with Gasteiger partial charge < -0.3 is 27.0 Å². The highest BCUT2D eigenvalue weighted by Crippen LogP contribution is 2.18. The second-order valence-electron chi connectivity index (χ2n) is 6.71. The summed E-state index contributed by atoms with van der Waals surface area (Å²) in [5.74, 6) is 0. The second-order valence-corrected chi connectivity index (χ2v) is 6.71. The van der Waals surface area contributed by atoms with Gasteiger partial charge in [-0.15, -0.1) is 0 Å². The Kier molecular flexibility index (Phi) is 6.22. The number of carbonyl (C=O) groups is 1. The Morgan fingerprint density at radius 3 is 3.04 bits per heavy atom. The van der Waals surface area contributed by atoms with Crippen molar-refractivity contribution in [3.8, 4) is 0 Å². The molecule has 8 nitrogen and oxygen atoms in total. The molecule has 1 aromatic carbocycles. The van der Waals surface area contributed by atoms with Gasteiger partial charge in [0.15, 0.2) is 0 Å². The molecule has 0 saturated carbocycles. The Balaban J connectivity index is 1.53. The van der Waals surface area contributed by atoms with E-state index in [2.05, 4.69) is 44.9 Å². The molecule has 8 N–H and O–H groups in total. The van der Waals surface area contributed by atoms with Crippen LogP contribution in [0.3, 0.4) is 0 Å². The van der Waals surface area contributed by atoms with Crippen molar-refractivity contribution in [3.05, 3.63) is 29.3 Å². The van der Waals surface area contributed by atoms with Crippen molar-refractivity contribution in [2.45, 2.75) is 44.8 Å². The Hall–Kier alpha value is -1.71. The fraction of sp³-hybridized carbons (Fsp3) is 0.588. The Morgan fingerprint density at radius 2 is 2.20 bits per heavy atom. The number of hydrogen-bond donors (Lipinski definition) is 7. The zero-order valence-electron chi connectivity index (χ0n) is 14.7. The number of urea groups is 1. The minimum atomic E-state index is -0.293. The van der Waals surface area contributed by atoms with Crippen LogP contribution < -0.4 is 37.6 Å². The summed E-state index contributed by atoms with van der Waals surface area (Å²) < 4.78 is 0. The molecule has 138 valence electrons. The van der Waals surface area contributed by atoms with Gasteiger partial charge in [-0.25, -0.2) is 4.79 Å². The van der Waals surface area contributed by atoms with Gasteiger partial charge in [0.2, 0.25) is 0 Å². The molecule has 0 aromatic heterocycles. The van der Waals surface area contributed by atoms with E-state index in [1.165, 1.54) is 11.1 Å². The van der Waals surface area contributed by atoms with Crippen molar-refractivity contribution < 1.29 is 4.79 Å². The molecular formula is C17H29N7O. The smallest absolute Gasteiger partial charge is 0.321 e. The lowest BCUT2D eigenvalue weighted by atomic mass is 10.0. The molecule has 0 bridgehead atoms. The molecule has 1 saturated heterocycles. The highest BCUT2D eigenvalue weighted by Gasteiger charge is 2.25. The summed E-state index contributed by atoms with van der Waals surface area (Å²) in [6.07, 6.45) is 1.79. The van der Waals surface area contributed by atoms with Crippen molar-refractivity contribution in [2.75, 3.05) is 25.0 Å². The fourth-order valence-corrected chi connectivity index (χ4v) is 3.36. The molecule has 3 rings (SSSR count). The largest absolute Gasteiger partial charge is 0.329 e. The van der Waals surface area contributed by atoms with Gasteiger partial charge in [0.1, 0.15) is 6.29 Å². The number of hydrogen-bond acceptors (Lipinski definition) is 6. The third-order valence-electron chi connectivity index (χ3n) is 4.57. The maximum Gasteiger partial charge on any atom is 0.321 e. The lowest BCUT2D eigenvalue weighted by Crippen LogP contribution is -2.68. The molecule has 1 fully saturated rings. The predicted molar refractivity (Wildman–Crippen MR) is 99.0 cm³/mol. The highest BCUT2D eigenvalue weighted by molar-refractivity contribution is 5.89. The number of rotatable bonds is 5. The van der Waals surface area contributed by atoms with E-state index in [0.717, 1.165) is 38.2 Å². The first-order valence-corrected chi connectivity index (χ1v) is 8.99. The number of benzene rings is 1. The number of carbonyl (C=O) groups excluding carboxylic acids is 1. The van der Waals surface area contributed by atoms with Crippen LogP contribution in [0.15, 0.2) is 18.2 Å². The first kappa shape index (κ1) is 18.1. The van der Waals surface area contributed by atoms with E-state index >= 15 is 0 Å². The van der Waals surface area contributed by atoms with Crippen LogP contribution >= 0.6 is 0 Å². The molecule has 3 atom stereocenters. The zero-order valence-corrected chi connectivity index (χ0v) is 14.7. The zero-order chi connectivity index (χ0) is 17.6. The Morgan fingerprint density at radius 1 is 1.32 bits per heavy atom. The van der Waals surface area contributed by atoms with Crippen LogP contribution in [0.2, 0.25) is 0 Å². The Bertz CT molecular complexity index is 594. The molecule has 0 aliphatic carbocycles. The first-order chi connectivity index (χ1) is 12.1. The van der Waals surface area contributed by atoms with Gasteiger partial charge in [0.05, 0.1) is 6.17 Å². The molecule has 0 spiro atoms. The molecule has 8 heteroatoms. The van der Waals surface area contributed by atoms with Gasteiger partial charge in [0, 0.05) is 31.4 Å². The average molecular weight is 347 g/mol. The number of nitrogens with one attached hydrogen (secondary N) is 6. The van der Waals surface area contributed by atoms with Crippen LogP contribution in [0.4, 0.5) is 10.5 Å². The lowest BCUT2D eigenvalue weighted by molar-refractivity contribution is 0.194. The molecule has 2 aliphatic heterocycles. The van der Waals surface area contributed by atoms with Crippen LogP contribution in [0.5, 0.6) is 0 Å². The molecule has 3 unspecified atom stereocenters. The molecule has 1 aromatic rings. The summed E-state index contributed by atoms with van der Waals surface area (Å²) in [5.41, 5.74) is 8.94. The van der Waals surface area contributed by atoms with E-state index in [0.29, 0.717) is 6.54 Å². The highest BCUT2D eigenvalue weighted by atomic mass is 16.2. The van der Waals surface area contributed by atoms with Gasteiger partial charge >= 0.3 is 6.03 Å². The van der Waals surface area contributed by atoms with Crippen LogP contribution in [-0.2, 0) is 13.0 Å². The summed E-state index contributed by atoms with van der Waals surface area (Å²) in [6, 6.07) is 6.14. The summed E-state index contributed by atoms with van der Waals surface area (Å²) >= 11 is 0. The SMILES string of the molecule is CC1CC(NCCN)NC(NC(=O)Nc2ccc3c(c2)CNCC3)N1. The summed E-state index contributed by atoms with van der Waals surface area (Å²) in [7, 11) is 0. The molecular weight excluding hydrogens is 318 g/mol. The Labute approximate surface area is 148 Å². The first-order valence-electron chi connectivity index (χ1n) is 8.99. The van der Waals surface area contributed by atoms with Gasteiger partial charge in [-0.05, 0) is 49.6 Å². The third kappa shape index (κ3) is 5.13. The quantitative estimate of drug-likeness (QED) is 0.389. The van der Waals surface area contributed by atoms with E-state index in [-0.39, 0.29) is 24.5 Å². The van der Waals surface area contributed by atoms with E-state index < -0.39 is 0 Å². The molecule has 2 amide bonds. The van der Waals surface area contributed by atoms with Gasteiger partial charge in [-0.1, -0.05) is 6.07 Å². The maximum absolute atomic E-state index is 12.3. The van der Waals surface area contributed by atoms with Crippen LogP contribution in [0.25, 0.3) is 0 Å². The monoisotopic (exact) mass is 347 g/mol. The topological polar surface area (TPSA) is 115 Å². The maximum atomic E-state index is 12.3. The van der Waals surface area contributed by atoms with Crippen molar-refractivity contribution >= 4 is 11.7 Å². The normalized spacial score (nSPS) is 25.9. The predicted octanol–water partition coefficient (Wildman–Crippen LogP) is -0.417. The average Bonchev–Trinajstić information content (AvgIpc) is 2.59. The van der Waals surface area contributed by atoms with Crippen molar-refractivity contribution in [2.24, 2.45) is 5.73 Å². The molecule has 0 radical (unpaired) electrons. The van der Waals surface area contributed by atoms with Gasteiger partial charge in [0.25, 0.3) is 0 Å². The molecule has 2 aliphatic rings. The lowest BCUT2D eigenvalue weighted by Gasteiger charge is -2.36. The fourth-order valence-electron chi connectivity index (χ4n) is 3.36. The minimum absolute atomic E-state index is 0.125. The van der Waals surface area contributed by atoms with Gasteiger partial charge in [-0.2, -0.15) is 0 Å². The van der Waals surface area contributed by atoms with E-state index in [4.69, 9.17) is 5.73 Å². The molecule has 2 heterocycles. The summed E-state index contributed by atoms with van der Waals surface area (Å²) in [5, 5.41) is 19.2. The van der Waals surface area contributed by atoms with Gasteiger partial charge in [-0.3, -0.25) is 10.6 Å². The number of fused-ring (bicyclic) bond motifs is 1. The number of nitrogens with two attached hydrogens (primary N) is 1. The number of amides is 2. The second kappa shape index (κ2) is 8.59. The summed E-state index contributed by atoms with van der Waals surface area (Å²) in [6.45, 7) is 5.29. The van der Waals surface area contributed by atoms with Crippen LogP contribution in [-0.4, -0.2) is 44.2 Å². The van der Waals surface area contributed by atoms with Crippen molar-refractivity contribution in [1.82, 2.24) is 26.6 Å². The van der Waals surface area contributed by atoms with E-state index in [1.54, 1.807) is 0 Å². The van der Waals surface area contributed by atoms with E-state index in [1.807, 2.05) is 12.1 Å².